The normalized spacial score (nSPS) is 25.6. The van der Waals surface area contributed by atoms with Gasteiger partial charge in [-0.15, -0.1) is 0 Å². The number of rotatable bonds is 6. The summed E-state index contributed by atoms with van der Waals surface area (Å²) < 4.78 is 5.22. The molecule has 2 fully saturated rings. The largest absolute Gasteiger partial charge is 0.497 e. The summed E-state index contributed by atoms with van der Waals surface area (Å²) in [5.74, 6) is 1.15. The third-order valence-corrected chi connectivity index (χ3v) is 5.97. The van der Waals surface area contributed by atoms with Crippen LogP contribution in [0.15, 0.2) is 24.3 Å². The van der Waals surface area contributed by atoms with Crippen LogP contribution >= 0.6 is 0 Å². The van der Waals surface area contributed by atoms with Crippen molar-refractivity contribution in [1.29, 1.82) is 0 Å². The second kappa shape index (κ2) is 7.46. The van der Waals surface area contributed by atoms with Crippen LogP contribution in [0.5, 0.6) is 5.75 Å². The molecule has 2 atom stereocenters. The Balaban J connectivity index is 1.52. The van der Waals surface area contributed by atoms with E-state index in [0.29, 0.717) is 25.8 Å². The molecule has 2 amide bonds. The SMILES string of the molecule is COc1cccc(CCC(=O)NCC23CCCC2N(C)C(=O)CC3)c1. The van der Waals surface area contributed by atoms with Crippen LogP contribution in [0.1, 0.15) is 44.1 Å². The molecule has 1 aromatic carbocycles. The summed E-state index contributed by atoms with van der Waals surface area (Å²) in [5.41, 5.74) is 1.18. The highest BCUT2D eigenvalue weighted by Crippen LogP contribution is 2.47. The van der Waals surface area contributed by atoms with Gasteiger partial charge in [0.2, 0.25) is 11.8 Å². The fraction of sp³-hybridized carbons (Fsp3) is 0.600. The van der Waals surface area contributed by atoms with Gasteiger partial charge < -0.3 is 15.0 Å². The molecule has 2 unspecified atom stereocenters. The predicted molar refractivity (Wildman–Crippen MR) is 96.4 cm³/mol. The van der Waals surface area contributed by atoms with Crippen LogP contribution in [0, 0.1) is 5.41 Å². The van der Waals surface area contributed by atoms with Crippen molar-refractivity contribution in [3.05, 3.63) is 29.8 Å². The highest BCUT2D eigenvalue weighted by atomic mass is 16.5. The molecule has 1 aliphatic heterocycles. The maximum atomic E-state index is 12.3. The lowest BCUT2D eigenvalue weighted by molar-refractivity contribution is -0.139. The minimum Gasteiger partial charge on any atom is -0.497 e. The Bertz CT molecular complexity index is 646. The molecule has 5 heteroatoms. The van der Waals surface area contributed by atoms with Crippen LogP contribution in [0.4, 0.5) is 0 Å². The molecule has 0 radical (unpaired) electrons. The molecule has 0 aromatic heterocycles. The third-order valence-electron chi connectivity index (χ3n) is 5.97. The lowest BCUT2D eigenvalue weighted by Crippen LogP contribution is -2.54. The van der Waals surface area contributed by atoms with Crippen molar-refractivity contribution < 1.29 is 14.3 Å². The maximum Gasteiger partial charge on any atom is 0.222 e. The summed E-state index contributed by atoms with van der Waals surface area (Å²) in [6.45, 7) is 0.687. The van der Waals surface area contributed by atoms with E-state index in [2.05, 4.69) is 5.32 Å². The van der Waals surface area contributed by atoms with Gasteiger partial charge in [-0.25, -0.2) is 0 Å². The van der Waals surface area contributed by atoms with Gasteiger partial charge in [0.1, 0.15) is 5.75 Å². The molecule has 25 heavy (non-hydrogen) atoms. The number of fused-ring (bicyclic) bond motifs is 1. The van der Waals surface area contributed by atoms with Crippen molar-refractivity contribution in [2.75, 3.05) is 20.7 Å². The molecular formula is C20H28N2O3. The molecule has 0 bridgehead atoms. The lowest BCUT2D eigenvalue weighted by atomic mass is 9.74. The molecule has 1 saturated heterocycles. The van der Waals surface area contributed by atoms with Gasteiger partial charge in [-0.05, 0) is 43.4 Å². The lowest BCUT2D eigenvalue weighted by Gasteiger charge is -2.44. The third kappa shape index (κ3) is 3.80. The average Bonchev–Trinajstić information content (AvgIpc) is 3.07. The number of likely N-dealkylation sites (tertiary alicyclic amines) is 1. The van der Waals surface area contributed by atoms with E-state index in [9.17, 15) is 9.59 Å². The molecule has 1 aromatic rings. The summed E-state index contributed by atoms with van der Waals surface area (Å²) in [5, 5.41) is 3.14. The number of aryl methyl sites for hydroxylation is 1. The molecule has 0 spiro atoms. The van der Waals surface area contributed by atoms with Crippen molar-refractivity contribution in [1.82, 2.24) is 10.2 Å². The maximum absolute atomic E-state index is 12.3. The first kappa shape index (κ1) is 17.8. The van der Waals surface area contributed by atoms with Gasteiger partial charge in [-0.2, -0.15) is 0 Å². The number of amides is 2. The quantitative estimate of drug-likeness (QED) is 0.863. The van der Waals surface area contributed by atoms with E-state index >= 15 is 0 Å². The van der Waals surface area contributed by atoms with Crippen LogP contribution in [0.2, 0.25) is 0 Å². The standard InChI is InChI=1S/C20H28N2O3/c1-22-17-7-4-11-20(17,12-10-19(22)24)14-21-18(23)9-8-15-5-3-6-16(13-15)25-2/h3,5-6,13,17H,4,7-12,14H2,1-2H3,(H,21,23). The Morgan fingerprint density at radius 1 is 1.40 bits per heavy atom. The summed E-state index contributed by atoms with van der Waals surface area (Å²) >= 11 is 0. The highest BCUT2D eigenvalue weighted by molar-refractivity contribution is 5.78. The molecule has 1 heterocycles. The number of benzene rings is 1. The Kier molecular flexibility index (Phi) is 5.30. The second-order valence-corrected chi connectivity index (χ2v) is 7.40. The van der Waals surface area contributed by atoms with Gasteiger partial charge in [-0.1, -0.05) is 18.6 Å². The van der Waals surface area contributed by atoms with E-state index in [-0.39, 0.29) is 23.3 Å². The van der Waals surface area contributed by atoms with Crippen molar-refractivity contribution in [3.8, 4) is 5.75 Å². The Labute approximate surface area is 149 Å². The van der Waals surface area contributed by atoms with Gasteiger partial charge in [-0.3, -0.25) is 9.59 Å². The molecular weight excluding hydrogens is 316 g/mol. The number of piperidine rings is 1. The van der Waals surface area contributed by atoms with E-state index in [1.165, 1.54) is 0 Å². The minimum absolute atomic E-state index is 0.0777. The van der Waals surface area contributed by atoms with E-state index in [4.69, 9.17) is 4.74 Å². The number of carbonyl (C=O) groups excluding carboxylic acids is 2. The van der Waals surface area contributed by atoms with Crippen LogP contribution < -0.4 is 10.1 Å². The smallest absolute Gasteiger partial charge is 0.222 e. The van der Waals surface area contributed by atoms with Crippen molar-refractivity contribution in [3.63, 3.8) is 0 Å². The van der Waals surface area contributed by atoms with Gasteiger partial charge in [0.15, 0.2) is 0 Å². The number of methoxy groups -OCH3 is 1. The molecule has 3 rings (SSSR count). The van der Waals surface area contributed by atoms with E-state index < -0.39 is 0 Å². The van der Waals surface area contributed by atoms with Crippen LogP contribution in [0.3, 0.4) is 0 Å². The number of hydrogen-bond acceptors (Lipinski definition) is 3. The van der Waals surface area contributed by atoms with Crippen LogP contribution in [-0.2, 0) is 16.0 Å². The van der Waals surface area contributed by atoms with Gasteiger partial charge in [0.25, 0.3) is 0 Å². The van der Waals surface area contributed by atoms with Crippen LogP contribution in [0.25, 0.3) is 0 Å². The van der Waals surface area contributed by atoms with Crippen molar-refractivity contribution in [2.45, 2.75) is 51.0 Å². The predicted octanol–water partition coefficient (Wildman–Crippen LogP) is 2.54. The topological polar surface area (TPSA) is 58.6 Å². The zero-order valence-corrected chi connectivity index (χ0v) is 15.2. The monoisotopic (exact) mass is 344 g/mol. The van der Waals surface area contributed by atoms with E-state index in [1.54, 1.807) is 7.11 Å². The fourth-order valence-electron chi connectivity index (χ4n) is 4.47. The van der Waals surface area contributed by atoms with Crippen molar-refractivity contribution in [2.24, 2.45) is 5.41 Å². The number of nitrogens with one attached hydrogen (secondary N) is 1. The average molecular weight is 344 g/mol. The second-order valence-electron chi connectivity index (χ2n) is 7.40. The first-order valence-corrected chi connectivity index (χ1v) is 9.19. The molecule has 2 aliphatic rings. The first-order valence-electron chi connectivity index (χ1n) is 9.19. The Hall–Kier alpha value is -2.04. The Morgan fingerprint density at radius 2 is 2.24 bits per heavy atom. The zero-order valence-electron chi connectivity index (χ0n) is 15.2. The molecule has 5 nitrogen and oxygen atoms in total. The Morgan fingerprint density at radius 3 is 3.04 bits per heavy atom. The van der Waals surface area contributed by atoms with E-state index in [0.717, 1.165) is 37.0 Å². The molecule has 1 saturated carbocycles. The summed E-state index contributed by atoms with van der Waals surface area (Å²) in [7, 11) is 3.56. The van der Waals surface area contributed by atoms with Gasteiger partial charge >= 0.3 is 0 Å². The first-order chi connectivity index (χ1) is 12.0. The fourth-order valence-corrected chi connectivity index (χ4v) is 4.47. The zero-order chi connectivity index (χ0) is 17.9. The number of ether oxygens (including phenoxy) is 1. The van der Waals surface area contributed by atoms with E-state index in [1.807, 2.05) is 36.2 Å². The molecule has 1 aliphatic carbocycles. The molecule has 136 valence electrons. The summed E-state index contributed by atoms with van der Waals surface area (Å²) in [6.07, 6.45) is 5.99. The summed E-state index contributed by atoms with van der Waals surface area (Å²) in [6, 6.07) is 8.13. The van der Waals surface area contributed by atoms with Gasteiger partial charge in [0, 0.05) is 37.9 Å². The highest BCUT2D eigenvalue weighted by Gasteiger charge is 2.48. The minimum atomic E-state index is 0.0777. The molecule has 1 N–H and O–H groups in total. The summed E-state index contributed by atoms with van der Waals surface area (Å²) in [4.78, 5) is 26.2. The van der Waals surface area contributed by atoms with Gasteiger partial charge in [0.05, 0.1) is 7.11 Å². The number of nitrogens with zero attached hydrogens (tertiary/aromatic N) is 1. The van der Waals surface area contributed by atoms with Crippen molar-refractivity contribution >= 4 is 11.8 Å². The number of hydrogen-bond donors (Lipinski definition) is 1. The van der Waals surface area contributed by atoms with Crippen LogP contribution in [-0.4, -0.2) is 43.5 Å². The number of carbonyl (C=O) groups is 2.